The van der Waals surface area contributed by atoms with Crippen molar-refractivity contribution in [2.24, 2.45) is 0 Å². The molecule has 1 fully saturated rings. The summed E-state index contributed by atoms with van der Waals surface area (Å²) in [6.07, 6.45) is 7.94. The molecule has 0 unspecified atom stereocenters. The molecule has 29 heavy (non-hydrogen) atoms. The summed E-state index contributed by atoms with van der Waals surface area (Å²) in [5.74, 6) is -0.449. The van der Waals surface area contributed by atoms with E-state index in [9.17, 15) is 14.4 Å². The number of carbonyl (C=O) groups excluding carboxylic acids is 2. The van der Waals surface area contributed by atoms with Gasteiger partial charge >= 0.3 is 0 Å². The third kappa shape index (κ3) is 5.32. The maximum absolute atomic E-state index is 12.6. The lowest BCUT2D eigenvalue weighted by atomic mass is 10.2. The second-order valence-electron chi connectivity index (χ2n) is 7.89. The molecule has 1 saturated carbocycles. The molecule has 2 N–H and O–H groups in total. The van der Waals surface area contributed by atoms with Crippen molar-refractivity contribution in [3.05, 3.63) is 50.3 Å². The number of aryl methyl sites for hydroxylation is 1. The Morgan fingerprint density at radius 1 is 1.31 bits per heavy atom. The predicted octanol–water partition coefficient (Wildman–Crippen LogP) is 2.92. The molecule has 2 aromatic rings. The second-order valence-corrected chi connectivity index (χ2v) is 9.01. The molecule has 8 heteroatoms. The molecule has 3 rings (SSSR count). The van der Waals surface area contributed by atoms with E-state index in [2.05, 4.69) is 22.5 Å². The Balaban J connectivity index is 1.55. The Morgan fingerprint density at radius 2 is 2.07 bits per heavy atom. The number of rotatable bonds is 9. The Morgan fingerprint density at radius 3 is 2.69 bits per heavy atom. The molecule has 1 aliphatic rings. The van der Waals surface area contributed by atoms with Gasteiger partial charge in [-0.25, -0.2) is 4.98 Å². The predicted molar refractivity (Wildman–Crippen MR) is 114 cm³/mol. The quantitative estimate of drug-likeness (QED) is 0.657. The summed E-state index contributed by atoms with van der Waals surface area (Å²) in [5, 5.41) is 6.88. The van der Waals surface area contributed by atoms with E-state index in [4.69, 9.17) is 0 Å². The van der Waals surface area contributed by atoms with Crippen LogP contribution in [-0.4, -0.2) is 33.4 Å². The molecule has 0 radical (unpaired) electrons. The highest BCUT2D eigenvalue weighted by molar-refractivity contribution is 7.13. The minimum atomic E-state index is -0.409. The maximum Gasteiger partial charge on any atom is 0.263 e. The van der Waals surface area contributed by atoms with Crippen LogP contribution in [0.2, 0.25) is 0 Å². The first-order valence-electron chi connectivity index (χ1n) is 10.1. The smallest absolute Gasteiger partial charge is 0.263 e. The molecule has 7 nitrogen and oxygen atoms in total. The molecule has 0 atom stereocenters. The lowest BCUT2D eigenvalue weighted by molar-refractivity contribution is 0.0904. The fourth-order valence-corrected chi connectivity index (χ4v) is 3.92. The van der Waals surface area contributed by atoms with E-state index in [1.54, 1.807) is 23.0 Å². The fraction of sp³-hybridized carbons (Fsp3) is 0.524. The number of amides is 2. The Bertz CT molecular complexity index is 943. The highest BCUT2D eigenvalue weighted by Gasteiger charge is 2.44. The lowest BCUT2D eigenvalue weighted by Crippen LogP contribution is -2.45. The summed E-state index contributed by atoms with van der Waals surface area (Å²) >= 11 is 1.43. The first-order chi connectivity index (χ1) is 13.8. The van der Waals surface area contributed by atoms with Gasteiger partial charge in [-0.2, -0.15) is 0 Å². The fourth-order valence-electron chi connectivity index (χ4n) is 3.07. The van der Waals surface area contributed by atoms with Crippen molar-refractivity contribution in [1.29, 1.82) is 0 Å². The third-order valence-corrected chi connectivity index (χ3v) is 6.16. The van der Waals surface area contributed by atoms with Gasteiger partial charge in [0.15, 0.2) is 0 Å². The number of pyridine rings is 1. The summed E-state index contributed by atoms with van der Waals surface area (Å²) in [7, 11) is 0. The van der Waals surface area contributed by atoms with Crippen LogP contribution in [0, 0.1) is 0 Å². The van der Waals surface area contributed by atoms with Crippen LogP contribution >= 0.6 is 11.3 Å². The molecule has 1 aliphatic carbocycles. The number of carbonyl (C=O) groups is 2. The average Bonchev–Trinajstić information content (AvgIpc) is 3.28. The SMILES string of the molecule is CCCCc1ncc(C(=O)NC2(CNC(=O)c3ccn(C(C)C)c(=O)c3)CC2)s1. The van der Waals surface area contributed by atoms with Crippen molar-refractivity contribution < 1.29 is 9.59 Å². The standard InChI is InChI=1S/C21H28N4O3S/c1-4-5-6-17-22-12-16(29-17)20(28)24-21(8-9-21)13-23-19(27)15-7-10-25(14(2)3)18(26)11-15/h7,10-12,14H,4-6,8-9,13H2,1-3H3,(H,23,27)(H,24,28). The Kier molecular flexibility index (Phi) is 6.52. The van der Waals surface area contributed by atoms with Crippen molar-refractivity contribution in [3.63, 3.8) is 0 Å². The van der Waals surface area contributed by atoms with E-state index in [1.807, 2.05) is 13.8 Å². The molecule has 0 saturated heterocycles. The van der Waals surface area contributed by atoms with Gasteiger partial charge in [0.05, 0.1) is 16.7 Å². The van der Waals surface area contributed by atoms with E-state index in [1.165, 1.54) is 17.4 Å². The minimum absolute atomic E-state index is 0.0405. The molecule has 0 spiro atoms. The van der Waals surface area contributed by atoms with Gasteiger partial charge in [0, 0.05) is 30.4 Å². The zero-order chi connectivity index (χ0) is 21.0. The van der Waals surface area contributed by atoms with Crippen molar-refractivity contribution in [1.82, 2.24) is 20.2 Å². The molecule has 2 heterocycles. The number of nitrogens with zero attached hydrogens (tertiary/aromatic N) is 2. The second kappa shape index (κ2) is 8.90. The molecule has 156 valence electrons. The summed E-state index contributed by atoms with van der Waals surface area (Å²) in [5.41, 5.74) is -0.282. The highest BCUT2D eigenvalue weighted by atomic mass is 32.1. The van der Waals surface area contributed by atoms with E-state index < -0.39 is 5.54 Å². The zero-order valence-corrected chi connectivity index (χ0v) is 18.0. The Labute approximate surface area is 174 Å². The van der Waals surface area contributed by atoms with Crippen molar-refractivity contribution in [2.75, 3.05) is 6.54 Å². The zero-order valence-electron chi connectivity index (χ0n) is 17.2. The van der Waals surface area contributed by atoms with Gasteiger partial charge in [0.2, 0.25) is 0 Å². The van der Waals surface area contributed by atoms with Crippen LogP contribution in [-0.2, 0) is 6.42 Å². The van der Waals surface area contributed by atoms with Crippen molar-refractivity contribution >= 4 is 23.2 Å². The van der Waals surface area contributed by atoms with Crippen LogP contribution in [0.5, 0.6) is 0 Å². The van der Waals surface area contributed by atoms with Crippen LogP contribution in [0.1, 0.15) is 77.5 Å². The van der Waals surface area contributed by atoms with Gasteiger partial charge in [-0.05, 0) is 45.6 Å². The number of unbranched alkanes of at least 4 members (excludes halogenated alkanes) is 1. The van der Waals surface area contributed by atoms with Gasteiger partial charge in [0.25, 0.3) is 17.4 Å². The summed E-state index contributed by atoms with van der Waals surface area (Å²) in [4.78, 5) is 42.0. The molecule has 0 bridgehead atoms. The van der Waals surface area contributed by atoms with E-state index >= 15 is 0 Å². The first-order valence-corrected chi connectivity index (χ1v) is 10.9. The molecule has 2 aromatic heterocycles. The van der Waals surface area contributed by atoms with E-state index in [0.717, 1.165) is 37.1 Å². The van der Waals surface area contributed by atoms with Gasteiger partial charge in [-0.15, -0.1) is 11.3 Å². The molecule has 0 aromatic carbocycles. The largest absolute Gasteiger partial charge is 0.350 e. The average molecular weight is 417 g/mol. The van der Waals surface area contributed by atoms with E-state index in [-0.39, 0.29) is 23.4 Å². The number of nitrogens with one attached hydrogen (secondary N) is 2. The van der Waals surface area contributed by atoms with E-state index in [0.29, 0.717) is 17.0 Å². The van der Waals surface area contributed by atoms with Gasteiger partial charge < -0.3 is 15.2 Å². The topological polar surface area (TPSA) is 93.1 Å². The van der Waals surface area contributed by atoms with Crippen LogP contribution in [0.3, 0.4) is 0 Å². The molecular formula is C21H28N4O3S. The highest BCUT2D eigenvalue weighted by Crippen LogP contribution is 2.35. The van der Waals surface area contributed by atoms with Gasteiger partial charge in [-0.1, -0.05) is 13.3 Å². The number of thiazole rings is 1. The third-order valence-electron chi connectivity index (χ3n) is 5.11. The van der Waals surface area contributed by atoms with Gasteiger partial charge in [-0.3, -0.25) is 14.4 Å². The molecular weight excluding hydrogens is 388 g/mol. The number of aromatic nitrogens is 2. The normalized spacial score (nSPS) is 14.6. The summed E-state index contributed by atoms with van der Waals surface area (Å²) < 4.78 is 1.57. The van der Waals surface area contributed by atoms with Crippen LogP contribution in [0.15, 0.2) is 29.3 Å². The molecule has 2 amide bonds. The first kappa shape index (κ1) is 21.2. The van der Waals surface area contributed by atoms with Crippen LogP contribution in [0.4, 0.5) is 0 Å². The van der Waals surface area contributed by atoms with Gasteiger partial charge in [0.1, 0.15) is 4.88 Å². The lowest BCUT2D eigenvalue weighted by Gasteiger charge is -2.18. The molecule has 0 aliphatic heterocycles. The maximum atomic E-state index is 12.6. The summed E-state index contributed by atoms with van der Waals surface area (Å²) in [6.45, 7) is 6.29. The minimum Gasteiger partial charge on any atom is -0.350 e. The van der Waals surface area contributed by atoms with Crippen LogP contribution < -0.4 is 16.2 Å². The summed E-state index contributed by atoms with van der Waals surface area (Å²) in [6, 6.07) is 3.03. The van der Waals surface area contributed by atoms with Crippen molar-refractivity contribution in [3.8, 4) is 0 Å². The number of hydrogen-bond acceptors (Lipinski definition) is 5. The monoisotopic (exact) mass is 416 g/mol. The number of hydrogen-bond donors (Lipinski definition) is 2. The van der Waals surface area contributed by atoms with Crippen molar-refractivity contribution in [2.45, 2.75) is 64.5 Å². The Hall–Kier alpha value is -2.48. The van der Waals surface area contributed by atoms with Crippen LogP contribution in [0.25, 0.3) is 0 Å².